The van der Waals surface area contributed by atoms with Crippen LogP contribution in [0.5, 0.6) is 0 Å². The van der Waals surface area contributed by atoms with E-state index >= 15 is 0 Å². The third-order valence-electron chi connectivity index (χ3n) is 11.0. The van der Waals surface area contributed by atoms with Crippen molar-refractivity contribution in [3.05, 3.63) is 99.9 Å². The van der Waals surface area contributed by atoms with Crippen LogP contribution in [0.1, 0.15) is 76.5 Å². The van der Waals surface area contributed by atoms with Crippen molar-refractivity contribution < 1.29 is 58.2 Å². The Bertz CT molecular complexity index is 2570. The van der Waals surface area contributed by atoms with Crippen LogP contribution in [0.3, 0.4) is 0 Å². The number of carbonyl (C=O) groups excluding carboxylic acids is 1. The van der Waals surface area contributed by atoms with Gasteiger partial charge in [-0.2, -0.15) is 4.58 Å². The Morgan fingerprint density at radius 1 is 0.850 bits per heavy atom. The van der Waals surface area contributed by atoms with Crippen molar-refractivity contribution in [3.63, 3.8) is 0 Å². The van der Waals surface area contributed by atoms with Gasteiger partial charge in [-0.15, -0.1) is 0 Å². The van der Waals surface area contributed by atoms with E-state index in [2.05, 4.69) is 30.5 Å². The van der Waals surface area contributed by atoms with Crippen molar-refractivity contribution >= 4 is 59.3 Å². The lowest BCUT2D eigenvalue weighted by Gasteiger charge is -2.28. The highest BCUT2D eigenvalue weighted by Gasteiger charge is 2.45. The van der Waals surface area contributed by atoms with Crippen LogP contribution in [0.4, 0.5) is 11.4 Å². The van der Waals surface area contributed by atoms with Gasteiger partial charge in [0, 0.05) is 64.7 Å². The van der Waals surface area contributed by atoms with Crippen LogP contribution in [0, 0.1) is 6.92 Å². The minimum Gasteiger partial charge on any atom is -0.748 e. The number of aliphatic carboxylic acids is 1. The number of fused-ring (bicyclic) bond motifs is 2. The zero-order chi connectivity index (χ0) is 44.4. The minimum atomic E-state index is -4.81. The molecule has 0 atom stereocenters. The number of carboxylic acids is 1. The number of aryl methyl sites for hydroxylation is 1. The molecule has 16 nitrogen and oxygen atoms in total. The maximum Gasteiger partial charge on any atom is 0.322 e. The predicted molar refractivity (Wildman–Crippen MR) is 222 cm³/mol. The van der Waals surface area contributed by atoms with Crippen molar-refractivity contribution in [3.8, 4) is 0 Å². The van der Waals surface area contributed by atoms with Gasteiger partial charge in [0.2, 0.25) is 11.6 Å². The highest BCUT2D eigenvalue weighted by atomic mass is 32.2. The lowest BCUT2D eigenvalue weighted by molar-refractivity contribution is -0.437. The molecule has 1 amide bonds. The fraction of sp³-hybridized carbons (Fsp3) is 0.439. The first-order valence-electron chi connectivity index (χ1n) is 19.4. The van der Waals surface area contributed by atoms with Gasteiger partial charge in [-0.05, 0) is 87.4 Å². The SMILES string of the molecule is Cc1ccc2c(c1)C(C)(C)/C(=C/C=C1\CCCC(/C=C/C3=[N+](CCCS(=O)(=O)[O-])c4ccc(S(=O)(=O)[O-])cc4C3(C)C)=C1NCC(=O)NCC(=O)O)N2CCCS(=O)(=O)[O-]. The number of amides is 1. The summed E-state index contributed by atoms with van der Waals surface area (Å²) < 4.78 is 107. The highest BCUT2D eigenvalue weighted by molar-refractivity contribution is 7.86. The second kappa shape index (κ2) is 17.7. The zero-order valence-corrected chi connectivity index (χ0v) is 36.6. The molecule has 0 spiro atoms. The van der Waals surface area contributed by atoms with E-state index in [4.69, 9.17) is 5.11 Å². The Hall–Kier alpha value is -4.66. The van der Waals surface area contributed by atoms with Gasteiger partial charge in [-0.25, -0.2) is 25.3 Å². The van der Waals surface area contributed by atoms with Crippen molar-refractivity contribution in [1.82, 2.24) is 10.6 Å². The molecule has 2 aliphatic heterocycles. The molecule has 2 aromatic carbocycles. The average molecular weight is 887 g/mol. The minimum absolute atomic E-state index is 0.0354. The fourth-order valence-corrected chi connectivity index (χ4v) is 9.59. The van der Waals surface area contributed by atoms with Crippen molar-refractivity contribution in [1.29, 1.82) is 0 Å². The van der Waals surface area contributed by atoms with Crippen LogP contribution in [-0.4, -0.2) is 104 Å². The summed E-state index contributed by atoms with van der Waals surface area (Å²) in [5.41, 5.74) is 6.25. The lowest BCUT2D eigenvalue weighted by Crippen LogP contribution is -2.37. The Kier molecular flexibility index (Phi) is 13.7. The molecule has 326 valence electrons. The number of carboxylic acid groups (broad SMARTS) is 1. The summed E-state index contributed by atoms with van der Waals surface area (Å²) in [5, 5.41) is 14.7. The molecule has 19 heteroatoms. The molecule has 60 heavy (non-hydrogen) atoms. The number of anilines is 1. The van der Waals surface area contributed by atoms with Gasteiger partial charge in [-0.1, -0.05) is 43.7 Å². The van der Waals surface area contributed by atoms with Gasteiger partial charge >= 0.3 is 5.97 Å². The molecule has 0 aromatic heterocycles. The first-order chi connectivity index (χ1) is 27.8. The van der Waals surface area contributed by atoms with Crippen LogP contribution in [0.25, 0.3) is 0 Å². The smallest absolute Gasteiger partial charge is 0.322 e. The number of nitrogens with one attached hydrogen (secondary N) is 2. The van der Waals surface area contributed by atoms with E-state index in [0.29, 0.717) is 41.9 Å². The summed E-state index contributed by atoms with van der Waals surface area (Å²) in [6.45, 7) is 9.27. The third-order valence-corrected chi connectivity index (χ3v) is 13.4. The number of carbonyl (C=O) groups is 2. The summed E-state index contributed by atoms with van der Waals surface area (Å²) in [4.78, 5) is 25.5. The van der Waals surface area contributed by atoms with E-state index in [-0.39, 0.29) is 32.5 Å². The molecule has 0 unspecified atom stereocenters. The quantitative estimate of drug-likeness (QED) is 0.152. The molecule has 0 radical (unpaired) electrons. The van der Waals surface area contributed by atoms with Gasteiger partial charge in [0.25, 0.3) is 0 Å². The molecule has 1 aliphatic carbocycles. The molecule has 0 saturated carbocycles. The standard InChI is InChI=1S/C41H52N4O12S3/c1-27-11-15-33-31(23-27)40(2,3)35(44(33)19-7-21-58(49,50)51)17-12-28-9-6-10-29(39(28)43-25-37(46)42-26-38(47)48)13-18-36-41(4,5)32-24-30(60(55,56)57)14-16-34(32)45(36)20-8-22-59(52,53)54/h11-18,23-24H,6-10,19-22,25-26H2,1-5H3,(H5,42,46,47,48,49,50,51,52,53,54,55,56,57)/p-2/b28-12+,35-17-. The summed E-state index contributed by atoms with van der Waals surface area (Å²) in [5.74, 6) is -2.93. The molecule has 0 saturated heterocycles. The lowest BCUT2D eigenvalue weighted by atomic mass is 9.81. The van der Waals surface area contributed by atoms with Gasteiger partial charge in [0.1, 0.15) is 23.2 Å². The Balaban J connectivity index is 1.62. The van der Waals surface area contributed by atoms with Crippen LogP contribution in [0.15, 0.2) is 88.1 Å². The molecule has 5 rings (SSSR count). The summed E-state index contributed by atoms with van der Waals surface area (Å²) >= 11 is 0. The summed E-state index contributed by atoms with van der Waals surface area (Å²) in [6.07, 6.45) is 9.42. The van der Waals surface area contributed by atoms with Crippen LogP contribution < -0.4 is 15.5 Å². The van der Waals surface area contributed by atoms with Crippen molar-refractivity contribution in [2.45, 2.75) is 82.4 Å². The fourth-order valence-electron chi connectivity index (χ4n) is 8.13. The molecular weight excluding hydrogens is 837 g/mol. The number of benzene rings is 2. The normalized spacial score (nSPS) is 19.0. The van der Waals surface area contributed by atoms with E-state index in [9.17, 15) is 48.5 Å². The van der Waals surface area contributed by atoms with E-state index in [0.717, 1.165) is 33.7 Å². The van der Waals surface area contributed by atoms with Crippen LogP contribution >= 0.6 is 0 Å². The van der Waals surface area contributed by atoms with Gasteiger partial charge in [0.05, 0.1) is 37.1 Å². The number of hydrogen-bond acceptors (Lipinski definition) is 13. The van der Waals surface area contributed by atoms with Crippen molar-refractivity contribution in [2.75, 3.05) is 42.6 Å². The van der Waals surface area contributed by atoms with Crippen molar-refractivity contribution in [2.24, 2.45) is 0 Å². The van der Waals surface area contributed by atoms with E-state index < -0.39 is 76.0 Å². The summed E-state index contributed by atoms with van der Waals surface area (Å²) in [7, 11) is -13.8. The Morgan fingerprint density at radius 2 is 1.53 bits per heavy atom. The van der Waals surface area contributed by atoms with Gasteiger partial charge in [-0.3, -0.25) is 9.59 Å². The number of nitrogens with zero attached hydrogens (tertiary/aromatic N) is 2. The largest absolute Gasteiger partial charge is 0.748 e. The van der Waals surface area contributed by atoms with Crippen LogP contribution in [-0.2, 0) is 50.8 Å². The maximum absolute atomic E-state index is 12.8. The first-order valence-corrected chi connectivity index (χ1v) is 23.9. The second-order valence-corrected chi connectivity index (χ2v) is 20.6. The second-order valence-electron chi connectivity index (χ2n) is 16.2. The van der Waals surface area contributed by atoms with Gasteiger partial charge < -0.3 is 34.3 Å². The number of hydrogen-bond donors (Lipinski definition) is 3. The molecule has 3 aliphatic rings. The first kappa shape index (κ1) is 46.4. The summed E-state index contributed by atoms with van der Waals surface area (Å²) in [6, 6.07) is 10.00. The zero-order valence-electron chi connectivity index (χ0n) is 34.1. The molecule has 2 heterocycles. The third kappa shape index (κ3) is 11.0. The molecule has 2 aromatic rings. The Morgan fingerprint density at radius 3 is 2.18 bits per heavy atom. The average Bonchev–Trinajstić information content (AvgIpc) is 3.47. The highest BCUT2D eigenvalue weighted by Crippen LogP contribution is 2.48. The molecule has 0 bridgehead atoms. The topological polar surface area (TPSA) is 256 Å². The molecule has 0 fully saturated rings. The number of rotatable bonds is 17. The number of allylic oxidation sites excluding steroid dienone is 7. The molecule has 3 N–H and O–H groups in total. The molecular formula is C41H50N4O12S3-2. The predicted octanol–water partition coefficient (Wildman–Crippen LogP) is 3.54. The Labute approximate surface area is 351 Å². The van der Waals surface area contributed by atoms with E-state index in [1.807, 2.05) is 62.1 Å². The van der Waals surface area contributed by atoms with E-state index in [1.165, 1.54) is 18.2 Å². The maximum atomic E-state index is 12.8. The van der Waals surface area contributed by atoms with E-state index in [1.54, 1.807) is 4.58 Å². The van der Waals surface area contributed by atoms with Gasteiger partial charge in [0.15, 0.2) is 5.71 Å². The monoisotopic (exact) mass is 886 g/mol. The van der Waals surface area contributed by atoms with Crippen LogP contribution in [0.2, 0.25) is 0 Å².